The van der Waals surface area contributed by atoms with Gasteiger partial charge in [0.25, 0.3) is 0 Å². The predicted molar refractivity (Wildman–Crippen MR) is 16.3 cm³/mol. The number of carbonyl (C=O) groups excluding carboxylic acids is 2. The minimum absolute atomic E-state index is 0. The van der Waals surface area contributed by atoms with E-state index in [0.717, 1.165) is 0 Å². The summed E-state index contributed by atoms with van der Waals surface area (Å²) < 4.78 is 0. The Morgan fingerprint density at radius 3 is 1.43 bits per heavy atom. The van der Waals surface area contributed by atoms with Gasteiger partial charge in [-0.25, -0.2) is 0 Å². The average Bonchev–Trinajstić information content (AvgIpc) is 1.39. The van der Waals surface area contributed by atoms with E-state index in [2.05, 4.69) is 5.73 Å². The Balaban J connectivity index is -0.0000000400. The van der Waals surface area contributed by atoms with Gasteiger partial charge in [-0.3, -0.25) is 4.79 Å². The maximum Gasteiger partial charge on any atom is 1.00 e. The van der Waals surface area contributed by atoms with Gasteiger partial charge < -0.3 is 15.6 Å². The third-order valence-electron chi connectivity index (χ3n) is 0. The summed E-state index contributed by atoms with van der Waals surface area (Å²) in [5.41, 5.74) is 4.17. The first-order valence-electron chi connectivity index (χ1n) is 1.04. The van der Waals surface area contributed by atoms with Crippen molar-refractivity contribution in [2.24, 2.45) is 5.73 Å². The van der Waals surface area contributed by atoms with Crippen molar-refractivity contribution in [3.63, 3.8) is 0 Å². The van der Waals surface area contributed by atoms with Gasteiger partial charge in [0.15, 0.2) is 0 Å². The molecule has 0 aromatic carbocycles. The van der Waals surface area contributed by atoms with Crippen molar-refractivity contribution in [3.8, 4) is 0 Å². The van der Waals surface area contributed by atoms with E-state index in [0.29, 0.717) is 0 Å². The molecule has 7 heavy (non-hydrogen) atoms. The number of hydrogen-bond donors (Lipinski definition) is 1. The van der Waals surface area contributed by atoms with Gasteiger partial charge in [0.1, 0.15) is 0 Å². The summed E-state index contributed by atoms with van der Waals surface area (Å²) in [6.07, 6.45) is 0.250. The van der Waals surface area contributed by atoms with Crippen LogP contribution in [0.15, 0.2) is 0 Å². The Kier molecular flexibility index (Phi) is 68.9. The van der Waals surface area contributed by atoms with E-state index in [1.54, 1.807) is 0 Å². The van der Waals surface area contributed by atoms with Crippen LogP contribution in [0.2, 0.25) is 0 Å². The van der Waals surface area contributed by atoms with Crippen LogP contribution in [0.25, 0.3) is 0 Å². The van der Waals surface area contributed by atoms with Crippen molar-refractivity contribution in [3.05, 3.63) is 0 Å². The number of hydrogen-bond acceptors (Lipinski definition) is 3. The zero-order valence-electron chi connectivity index (χ0n) is 3.96. The SMILES string of the molecule is NC=O.O=C[O-].[K+]. The fourth-order valence-electron chi connectivity index (χ4n) is 0. The molecule has 0 saturated heterocycles. The van der Waals surface area contributed by atoms with Gasteiger partial charge in [-0.2, -0.15) is 0 Å². The molecule has 0 atom stereocenters. The topological polar surface area (TPSA) is 83.2 Å². The van der Waals surface area contributed by atoms with Crippen molar-refractivity contribution in [2.75, 3.05) is 0 Å². The summed E-state index contributed by atoms with van der Waals surface area (Å²) >= 11 is 0. The van der Waals surface area contributed by atoms with Crippen LogP contribution in [-0.4, -0.2) is 12.9 Å². The molecule has 0 aliphatic carbocycles. The maximum atomic E-state index is 8.58. The fraction of sp³-hybridized carbons (Fsp3) is 0. The van der Waals surface area contributed by atoms with Gasteiger partial charge >= 0.3 is 51.4 Å². The molecule has 0 bridgehead atoms. The van der Waals surface area contributed by atoms with Crippen molar-refractivity contribution in [1.82, 2.24) is 0 Å². The molecule has 2 N–H and O–H groups in total. The molecule has 0 spiro atoms. The number of carbonyl (C=O) groups is 2. The van der Waals surface area contributed by atoms with E-state index in [9.17, 15) is 0 Å². The average molecular weight is 129 g/mol. The molecule has 0 heterocycles. The molecule has 0 aromatic heterocycles. The van der Waals surface area contributed by atoms with Crippen LogP contribution >= 0.6 is 0 Å². The van der Waals surface area contributed by atoms with Crippen LogP contribution in [0, 0.1) is 0 Å². The Bertz CT molecular complexity index is 33.9. The summed E-state index contributed by atoms with van der Waals surface area (Å²) in [7, 11) is 0. The van der Waals surface area contributed by atoms with Crippen LogP contribution in [0.4, 0.5) is 0 Å². The van der Waals surface area contributed by atoms with Crippen LogP contribution in [0.1, 0.15) is 0 Å². The normalized spacial score (nSPS) is 3.43. The standard InChI is InChI=1S/CH3NO.CH2O2.K/c2*2-1-3;/h1H,(H2,2,3);1H,(H,2,3);/q;;+1/p-1. The summed E-state index contributed by atoms with van der Waals surface area (Å²) in [6.45, 7) is -0.500. The molecule has 0 fully saturated rings. The molecule has 4 nitrogen and oxygen atoms in total. The van der Waals surface area contributed by atoms with E-state index in [1.807, 2.05) is 0 Å². The second kappa shape index (κ2) is 30.8. The van der Waals surface area contributed by atoms with Crippen molar-refractivity contribution in [2.45, 2.75) is 0 Å². The van der Waals surface area contributed by atoms with Gasteiger partial charge in [0, 0.05) is 6.47 Å². The zero-order chi connectivity index (χ0) is 5.41. The monoisotopic (exact) mass is 129 g/mol. The summed E-state index contributed by atoms with van der Waals surface area (Å²) in [4.78, 5) is 16.8. The summed E-state index contributed by atoms with van der Waals surface area (Å²) in [5.74, 6) is 0. The van der Waals surface area contributed by atoms with E-state index in [-0.39, 0.29) is 57.8 Å². The summed E-state index contributed by atoms with van der Waals surface area (Å²) in [6, 6.07) is 0. The van der Waals surface area contributed by atoms with E-state index in [4.69, 9.17) is 14.7 Å². The fourth-order valence-corrected chi connectivity index (χ4v) is 0. The first kappa shape index (κ1) is 15.6. The molecule has 0 aliphatic heterocycles. The molecule has 0 aliphatic rings. The first-order chi connectivity index (χ1) is 2.83. The van der Waals surface area contributed by atoms with E-state index in [1.165, 1.54) is 0 Å². The second-order valence-corrected chi connectivity index (χ2v) is 0.232. The third-order valence-corrected chi connectivity index (χ3v) is 0. The number of primary amides is 1. The second-order valence-electron chi connectivity index (χ2n) is 0.232. The molecule has 36 valence electrons. The summed E-state index contributed by atoms with van der Waals surface area (Å²) in [5, 5.41) is 8.25. The Morgan fingerprint density at radius 1 is 1.43 bits per heavy atom. The number of rotatable bonds is 0. The molecule has 1 amide bonds. The Hall–Kier alpha value is 0.576. The van der Waals surface area contributed by atoms with Crippen LogP contribution in [0.3, 0.4) is 0 Å². The quantitative estimate of drug-likeness (QED) is 0.261. The molecule has 5 heteroatoms. The van der Waals surface area contributed by atoms with Gasteiger partial charge in [-0.15, -0.1) is 0 Å². The molecule has 0 rings (SSSR count). The smallest absolute Gasteiger partial charge is 0.554 e. The molecule has 0 radical (unpaired) electrons. The minimum atomic E-state index is -0.500. The third kappa shape index (κ3) is 415. The predicted octanol–water partition coefficient (Wildman–Crippen LogP) is -5.53. The van der Waals surface area contributed by atoms with Crippen LogP contribution in [-0.2, 0) is 9.59 Å². The van der Waals surface area contributed by atoms with Crippen LogP contribution < -0.4 is 62.2 Å². The first-order valence-corrected chi connectivity index (χ1v) is 1.04. The zero-order valence-corrected chi connectivity index (χ0v) is 7.08. The van der Waals surface area contributed by atoms with E-state index < -0.39 is 6.47 Å². The number of nitrogens with two attached hydrogens (primary N) is 1. The molecular weight excluding hydrogens is 125 g/mol. The Labute approximate surface area is 83.5 Å². The van der Waals surface area contributed by atoms with Crippen LogP contribution in [0.5, 0.6) is 0 Å². The van der Waals surface area contributed by atoms with Crippen molar-refractivity contribution in [1.29, 1.82) is 0 Å². The maximum absolute atomic E-state index is 8.58. The molecular formula is C2H4KNO3. The minimum Gasteiger partial charge on any atom is -0.554 e. The number of amides is 1. The van der Waals surface area contributed by atoms with Crippen molar-refractivity contribution >= 4 is 12.9 Å². The van der Waals surface area contributed by atoms with Gasteiger partial charge in [0.2, 0.25) is 6.41 Å². The largest absolute Gasteiger partial charge is 1.00 e. The molecule has 0 unspecified atom stereocenters. The molecule has 0 saturated carbocycles. The molecule has 0 aromatic rings. The van der Waals surface area contributed by atoms with Gasteiger partial charge in [-0.05, 0) is 0 Å². The Morgan fingerprint density at radius 2 is 1.43 bits per heavy atom. The van der Waals surface area contributed by atoms with Gasteiger partial charge in [-0.1, -0.05) is 0 Å². The number of carboxylic acid groups (broad SMARTS) is 1. The van der Waals surface area contributed by atoms with E-state index >= 15 is 0 Å². The van der Waals surface area contributed by atoms with Crippen molar-refractivity contribution < 1.29 is 66.1 Å². The van der Waals surface area contributed by atoms with Gasteiger partial charge in [0.05, 0.1) is 0 Å².